The van der Waals surface area contributed by atoms with Crippen molar-refractivity contribution in [3.63, 3.8) is 0 Å². The van der Waals surface area contributed by atoms with Gasteiger partial charge in [0.1, 0.15) is 23.4 Å². The van der Waals surface area contributed by atoms with Gasteiger partial charge in [-0.2, -0.15) is 0 Å². The number of amides is 1. The molecule has 3 N–H and O–H groups in total. The lowest BCUT2D eigenvalue weighted by Gasteiger charge is -2.38. The predicted molar refractivity (Wildman–Crippen MR) is 128 cm³/mol. The van der Waals surface area contributed by atoms with Gasteiger partial charge in [0.25, 0.3) is 5.91 Å². The lowest BCUT2D eigenvalue weighted by molar-refractivity contribution is 0.0922. The van der Waals surface area contributed by atoms with Gasteiger partial charge in [-0.25, -0.2) is 19.3 Å². The molecule has 3 aromatic rings. The van der Waals surface area contributed by atoms with Crippen molar-refractivity contribution in [2.45, 2.75) is 63.1 Å². The van der Waals surface area contributed by atoms with Crippen molar-refractivity contribution in [3.8, 4) is 0 Å². The number of pyridine rings is 1. The molecule has 0 bridgehead atoms. The first-order valence-corrected chi connectivity index (χ1v) is 12.2. The summed E-state index contributed by atoms with van der Waals surface area (Å²) in [4.78, 5) is 28.1. The number of hydrogen-bond donors (Lipinski definition) is 2. The van der Waals surface area contributed by atoms with Crippen LogP contribution >= 0.6 is 0 Å². The highest BCUT2D eigenvalue weighted by Gasteiger charge is 2.33. The van der Waals surface area contributed by atoms with E-state index < -0.39 is 11.4 Å². The maximum atomic E-state index is 14.7. The summed E-state index contributed by atoms with van der Waals surface area (Å²) in [5, 5.41) is 3.86. The lowest BCUT2D eigenvalue weighted by Crippen LogP contribution is -2.48. The van der Waals surface area contributed by atoms with Crippen LogP contribution in [0.4, 0.5) is 4.39 Å². The molecule has 0 spiro atoms. The van der Waals surface area contributed by atoms with Crippen molar-refractivity contribution in [2.24, 2.45) is 5.73 Å². The minimum atomic E-state index is -0.475. The maximum absolute atomic E-state index is 14.7. The van der Waals surface area contributed by atoms with Gasteiger partial charge in [-0.1, -0.05) is 31.4 Å². The summed E-state index contributed by atoms with van der Waals surface area (Å²) in [6, 6.07) is 8.85. The Labute approximate surface area is 199 Å². The van der Waals surface area contributed by atoms with Gasteiger partial charge in [-0.15, -0.1) is 0 Å². The van der Waals surface area contributed by atoms with Crippen molar-refractivity contribution in [1.29, 1.82) is 0 Å². The molecule has 3 heterocycles. The van der Waals surface area contributed by atoms with Crippen LogP contribution in [0.3, 0.4) is 0 Å². The zero-order chi connectivity index (χ0) is 23.5. The van der Waals surface area contributed by atoms with Gasteiger partial charge in [-0.05, 0) is 49.4 Å². The maximum Gasteiger partial charge on any atom is 0.270 e. The third kappa shape index (κ3) is 4.79. The Morgan fingerprint density at radius 2 is 1.97 bits per heavy atom. The zero-order valence-corrected chi connectivity index (χ0v) is 19.3. The number of nitrogens with two attached hydrogens (primary N) is 1. The van der Waals surface area contributed by atoms with E-state index >= 15 is 0 Å². The number of likely N-dealkylation sites (tertiary alicyclic amines) is 1. The van der Waals surface area contributed by atoms with Crippen LogP contribution in [0.1, 0.15) is 66.7 Å². The second-order valence-corrected chi connectivity index (χ2v) is 9.64. The van der Waals surface area contributed by atoms with Crippen molar-refractivity contribution >= 4 is 16.8 Å². The quantitative estimate of drug-likeness (QED) is 0.600. The minimum absolute atomic E-state index is 0.171. The average molecular weight is 463 g/mol. The van der Waals surface area contributed by atoms with E-state index in [1.807, 2.05) is 18.2 Å². The number of carbonyl (C=O) groups is 1. The number of carbonyl (C=O) groups excluding carboxylic acids is 1. The molecule has 2 aromatic heterocycles. The van der Waals surface area contributed by atoms with E-state index in [9.17, 15) is 9.18 Å². The molecule has 1 aliphatic heterocycles. The van der Waals surface area contributed by atoms with Crippen molar-refractivity contribution in [3.05, 3.63) is 65.6 Å². The SMILES string of the molecule is NC1(c2ccncn2)CCN(Cc2cc(C(=O)NC3CCCCC3)nc3c(F)cccc23)CC1. The van der Waals surface area contributed by atoms with Gasteiger partial charge in [0.05, 0.1) is 11.2 Å². The molecule has 2 fully saturated rings. The summed E-state index contributed by atoms with van der Waals surface area (Å²) < 4.78 is 14.7. The molecule has 5 rings (SSSR count). The number of benzene rings is 1. The number of fused-ring (bicyclic) bond motifs is 1. The van der Waals surface area contributed by atoms with Crippen LogP contribution in [-0.4, -0.2) is 44.9 Å². The van der Waals surface area contributed by atoms with Gasteiger partial charge < -0.3 is 11.1 Å². The number of para-hydroxylation sites is 1. The number of piperidine rings is 1. The molecule has 1 saturated carbocycles. The number of rotatable bonds is 5. The Balaban J connectivity index is 1.36. The van der Waals surface area contributed by atoms with E-state index in [2.05, 4.69) is 25.2 Å². The summed E-state index contributed by atoms with van der Waals surface area (Å²) in [6.45, 7) is 2.17. The molecule has 34 heavy (non-hydrogen) atoms. The Kier molecular flexibility index (Phi) is 6.52. The molecule has 2 aliphatic rings. The highest BCUT2D eigenvalue weighted by Crippen LogP contribution is 2.30. The van der Waals surface area contributed by atoms with E-state index in [0.717, 1.165) is 68.3 Å². The van der Waals surface area contributed by atoms with Gasteiger partial charge in [0, 0.05) is 37.3 Å². The molecule has 8 heteroatoms. The third-order valence-electron chi connectivity index (χ3n) is 7.28. The molecule has 7 nitrogen and oxygen atoms in total. The summed E-state index contributed by atoms with van der Waals surface area (Å²) in [5.41, 5.74) is 8.49. The molecule has 1 aliphatic carbocycles. The van der Waals surface area contributed by atoms with Gasteiger partial charge in [-0.3, -0.25) is 9.69 Å². The van der Waals surface area contributed by atoms with Crippen LogP contribution in [0.2, 0.25) is 0 Å². The smallest absolute Gasteiger partial charge is 0.270 e. The van der Waals surface area contributed by atoms with Gasteiger partial charge in [0.15, 0.2) is 0 Å². The number of aromatic nitrogens is 3. The highest BCUT2D eigenvalue weighted by molar-refractivity contribution is 5.96. The molecular weight excluding hydrogens is 431 g/mol. The summed E-state index contributed by atoms with van der Waals surface area (Å²) in [6.07, 6.45) is 10.2. The number of nitrogens with zero attached hydrogens (tertiary/aromatic N) is 4. The van der Waals surface area contributed by atoms with Crippen LogP contribution < -0.4 is 11.1 Å². The number of hydrogen-bond acceptors (Lipinski definition) is 6. The predicted octanol–water partition coefficient (Wildman–Crippen LogP) is 3.68. The molecular formula is C26H31FN6O. The topological polar surface area (TPSA) is 97.0 Å². The van der Waals surface area contributed by atoms with E-state index in [4.69, 9.17) is 5.73 Å². The monoisotopic (exact) mass is 462 g/mol. The minimum Gasteiger partial charge on any atom is -0.348 e. The molecule has 1 amide bonds. The van der Waals surface area contributed by atoms with Crippen LogP contribution in [-0.2, 0) is 12.1 Å². The first-order valence-electron chi connectivity index (χ1n) is 12.2. The normalized spacial score (nSPS) is 19.2. The fourth-order valence-electron chi connectivity index (χ4n) is 5.23. The first kappa shape index (κ1) is 22.8. The Morgan fingerprint density at radius 3 is 2.71 bits per heavy atom. The van der Waals surface area contributed by atoms with Crippen LogP contribution in [0, 0.1) is 5.82 Å². The number of halogens is 1. The van der Waals surface area contributed by atoms with Crippen LogP contribution in [0.25, 0.3) is 10.9 Å². The second-order valence-electron chi connectivity index (χ2n) is 9.64. The summed E-state index contributed by atoms with van der Waals surface area (Å²) in [5.74, 6) is -0.629. The molecule has 178 valence electrons. The fraction of sp³-hybridized carbons (Fsp3) is 0.462. The molecule has 0 atom stereocenters. The van der Waals surface area contributed by atoms with Crippen LogP contribution in [0.5, 0.6) is 0 Å². The molecule has 1 saturated heterocycles. The summed E-state index contributed by atoms with van der Waals surface area (Å²) >= 11 is 0. The largest absolute Gasteiger partial charge is 0.348 e. The fourth-order valence-corrected chi connectivity index (χ4v) is 5.23. The Hall–Kier alpha value is -2.97. The standard InChI is InChI=1S/C26H31FN6O/c27-21-8-4-7-20-18(15-22(32-24(20)21)25(34)31-19-5-2-1-3-6-19)16-33-13-10-26(28,11-14-33)23-9-12-29-17-30-23/h4,7-9,12,15,17,19H,1-3,5-6,10-11,13-14,16,28H2,(H,31,34). The molecule has 0 radical (unpaired) electrons. The third-order valence-corrected chi connectivity index (χ3v) is 7.28. The Morgan fingerprint density at radius 1 is 1.18 bits per heavy atom. The zero-order valence-electron chi connectivity index (χ0n) is 19.3. The van der Waals surface area contributed by atoms with Crippen molar-refractivity contribution < 1.29 is 9.18 Å². The number of nitrogens with one attached hydrogen (secondary N) is 1. The van der Waals surface area contributed by atoms with Gasteiger partial charge in [0.2, 0.25) is 0 Å². The van der Waals surface area contributed by atoms with Crippen molar-refractivity contribution in [1.82, 2.24) is 25.2 Å². The highest BCUT2D eigenvalue weighted by atomic mass is 19.1. The van der Waals surface area contributed by atoms with E-state index in [0.29, 0.717) is 6.54 Å². The van der Waals surface area contributed by atoms with E-state index in [1.54, 1.807) is 12.3 Å². The summed E-state index contributed by atoms with van der Waals surface area (Å²) in [7, 11) is 0. The van der Waals surface area contributed by atoms with Gasteiger partial charge >= 0.3 is 0 Å². The van der Waals surface area contributed by atoms with Crippen LogP contribution in [0.15, 0.2) is 42.9 Å². The molecule has 1 aromatic carbocycles. The second kappa shape index (κ2) is 9.72. The van der Waals surface area contributed by atoms with E-state index in [1.165, 1.54) is 18.8 Å². The van der Waals surface area contributed by atoms with Crippen molar-refractivity contribution in [2.75, 3.05) is 13.1 Å². The van der Waals surface area contributed by atoms with E-state index in [-0.39, 0.29) is 23.2 Å². The first-order chi connectivity index (χ1) is 16.5. The Bertz CT molecular complexity index is 1160. The molecule has 0 unspecified atom stereocenters. The average Bonchev–Trinajstić information content (AvgIpc) is 2.87. The lowest BCUT2D eigenvalue weighted by atomic mass is 9.85.